The van der Waals surface area contributed by atoms with E-state index in [0.717, 1.165) is 16.8 Å². The van der Waals surface area contributed by atoms with Gasteiger partial charge in [-0.3, -0.25) is 4.98 Å². The van der Waals surface area contributed by atoms with Crippen molar-refractivity contribution in [1.29, 1.82) is 5.26 Å². The number of nitrogens with one attached hydrogen (secondary N) is 1. The van der Waals surface area contributed by atoms with Crippen LogP contribution in [-0.4, -0.2) is 4.98 Å². The number of nitrogens with zero attached hydrogens (tertiary/aromatic N) is 2. The Balaban J connectivity index is 2.15. The molecule has 0 saturated heterocycles. The normalized spacial score (nSPS) is 11.6. The van der Waals surface area contributed by atoms with E-state index in [2.05, 4.69) is 23.3 Å². The van der Waals surface area contributed by atoms with Gasteiger partial charge in [0.05, 0.1) is 11.6 Å². The minimum absolute atomic E-state index is 0.209. The van der Waals surface area contributed by atoms with Crippen LogP contribution in [0.5, 0.6) is 0 Å². The van der Waals surface area contributed by atoms with Crippen LogP contribution in [-0.2, 0) is 0 Å². The van der Waals surface area contributed by atoms with Gasteiger partial charge in [-0.1, -0.05) is 0 Å². The van der Waals surface area contributed by atoms with Crippen molar-refractivity contribution in [3.63, 3.8) is 0 Å². The Morgan fingerprint density at radius 1 is 1.22 bits per heavy atom. The third-order valence-electron chi connectivity index (χ3n) is 2.94. The summed E-state index contributed by atoms with van der Waals surface area (Å²) in [7, 11) is 0. The van der Waals surface area contributed by atoms with Crippen molar-refractivity contribution in [3.8, 4) is 6.07 Å². The largest absolute Gasteiger partial charge is 0.379 e. The molecule has 2 rings (SSSR count). The molecule has 1 aromatic heterocycles. The molecular weight excluding hydrogens is 222 g/mol. The summed E-state index contributed by atoms with van der Waals surface area (Å²) in [6, 6.07) is 12.1. The summed E-state index contributed by atoms with van der Waals surface area (Å²) in [5, 5.41) is 12.3. The van der Waals surface area contributed by atoms with Crippen LogP contribution in [0, 0.1) is 18.3 Å². The van der Waals surface area contributed by atoms with E-state index in [-0.39, 0.29) is 6.04 Å². The van der Waals surface area contributed by atoms with E-state index in [1.807, 2.05) is 37.3 Å². The van der Waals surface area contributed by atoms with Gasteiger partial charge in [-0.25, -0.2) is 0 Å². The maximum absolute atomic E-state index is 8.89. The van der Waals surface area contributed by atoms with Crippen molar-refractivity contribution < 1.29 is 0 Å². The molecule has 1 unspecified atom stereocenters. The maximum atomic E-state index is 8.89. The fraction of sp³-hybridized carbons (Fsp3) is 0.200. The monoisotopic (exact) mass is 237 g/mol. The highest BCUT2D eigenvalue weighted by atomic mass is 14.9. The Hall–Kier alpha value is -2.34. The van der Waals surface area contributed by atoms with E-state index >= 15 is 0 Å². The molecule has 2 aromatic rings. The second-order valence-electron chi connectivity index (χ2n) is 4.29. The van der Waals surface area contributed by atoms with E-state index < -0.39 is 0 Å². The molecule has 0 amide bonds. The highest BCUT2D eigenvalue weighted by molar-refractivity contribution is 5.52. The molecular formula is C15H15N3. The highest BCUT2D eigenvalue weighted by Gasteiger charge is 2.05. The van der Waals surface area contributed by atoms with Crippen LogP contribution >= 0.6 is 0 Å². The van der Waals surface area contributed by atoms with Gasteiger partial charge in [-0.05, 0) is 55.3 Å². The first-order valence-electron chi connectivity index (χ1n) is 5.88. The number of anilines is 1. The Kier molecular flexibility index (Phi) is 3.59. The van der Waals surface area contributed by atoms with E-state index in [1.54, 1.807) is 12.4 Å². The van der Waals surface area contributed by atoms with Crippen molar-refractivity contribution in [2.45, 2.75) is 19.9 Å². The molecule has 18 heavy (non-hydrogen) atoms. The first-order chi connectivity index (χ1) is 8.70. The predicted molar refractivity (Wildman–Crippen MR) is 72.2 cm³/mol. The summed E-state index contributed by atoms with van der Waals surface area (Å²) in [5.74, 6) is 0. The number of hydrogen-bond donors (Lipinski definition) is 1. The van der Waals surface area contributed by atoms with Crippen molar-refractivity contribution in [3.05, 3.63) is 59.4 Å². The van der Waals surface area contributed by atoms with Gasteiger partial charge in [0.1, 0.15) is 0 Å². The molecule has 0 radical (unpaired) electrons. The molecule has 3 nitrogen and oxygen atoms in total. The van der Waals surface area contributed by atoms with E-state index in [1.165, 1.54) is 5.56 Å². The van der Waals surface area contributed by atoms with Gasteiger partial charge in [0.2, 0.25) is 0 Å². The van der Waals surface area contributed by atoms with Gasteiger partial charge in [0.15, 0.2) is 0 Å². The minimum atomic E-state index is 0.209. The summed E-state index contributed by atoms with van der Waals surface area (Å²) in [6.07, 6.45) is 3.58. The Morgan fingerprint density at radius 2 is 1.94 bits per heavy atom. The van der Waals surface area contributed by atoms with Crippen LogP contribution < -0.4 is 5.32 Å². The summed E-state index contributed by atoms with van der Waals surface area (Å²) in [6.45, 7) is 4.05. The van der Waals surface area contributed by atoms with Crippen molar-refractivity contribution in [2.24, 2.45) is 0 Å². The topological polar surface area (TPSA) is 48.7 Å². The molecule has 90 valence electrons. The number of aromatic nitrogens is 1. The van der Waals surface area contributed by atoms with E-state index in [9.17, 15) is 0 Å². The number of hydrogen-bond acceptors (Lipinski definition) is 3. The van der Waals surface area contributed by atoms with Crippen LogP contribution in [0.2, 0.25) is 0 Å². The zero-order valence-electron chi connectivity index (χ0n) is 10.5. The van der Waals surface area contributed by atoms with Gasteiger partial charge >= 0.3 is 0 Å². The standard InChI is InChI=1S/C15H15N3/c1-11-9-15(4-3-14(11)10-16)18-12(2)13-5-7-17-8-6-13/h3-9,12,18H,1-2H3. The van der Waals surface area contributed by atoms with Crippen LogP contribution in [0.1, 0.15) is 29.7 Å². The summed E-state index contributed by atoms with van der Waals surface area (Å²) < 4.78 is 0. The van der Waals surface area contributed by atoms with Crippen LogP contribution in [0.15, 0.2) is 42.7 Å². The summed E-state index contributed by atoms with van der Waals surface area (Å²) in [5.41, 5.74) is 3.92. The molecule has 0 spiro atoms. The fourth-order valence-corrected chi connectivity index (χ4v) is 1.86. The smallest absolute Gasteiger partial charge is 0.0994 e. The molecule has 1 atom stereocenters. The molecule has 0 aliphatic carbocycles. The Labute approximate surface area is 107 Å². The van der Waals surface area contributed by atoms with Gasteiger partial charge in [-0.15, -0.1) is 0 Å². The van der Waals surface area contributed by atoms with Crippen molar-refractivity contribution in [1.82, 2.24) is 4.98 Å². The van der Waals surface area contributed by atoms with Crippen molar-refractivity contribution >= 4 is 5.69 Å². The molecule has 1 N–H and O–H groups in total. The van der Waals surface area contributed by atoms with Crippen LogP contribution in [0.25, 0.3) is 0 Å². The minimum Gasteiger partial charge on any atom is -0.379 e. The quantitative estimate of drug-likeness (QED) is 0.889. The SMILES string of the molecule is Cc1cc(NC(C)c2ccncc2)ccc1C#N. The molecule has 0 saturated carbocycles. The third kappa shape index (κ3) is 2.67. The molecule has 1 aromatic carbocycles. The summed E-state index contributed by atoms with van der Waals surface area (Å²) >= 11 is 0. The number of aryl methyl sites for hydroxylation is 1. The van der Waals surface area contributed by atoms with Crippen LogP contribution in [0.4, 0.5) is 5.69 Å². The lowest BCUT2D eigenvalue weighted by Crippen LogP contribution is -2.06. The highest BCUT2D eigenvalue weighted by Crippen LogP contribution is 2.20. The zero-order valence-corrected chi connectivity index (χ0v) is 10.5. The second kappa shape index (κ2) is 5.33. The fourth-order valence-electron chi connectivity index (χ4n) is 1.86. The lowest BCUT2D eigenvalue weighted by atomic mass is 10.1. The Morgan fingerprint density at radius 3 is 2.56 bits per heavy atom. The van der Waals surface area contributed by atoms with Gasteiger partial charge in [-0.2, -0.15) is 5.26 Å². The van der Waals surface area contributed by atoms with Gasteiger partial charge in [0.25, 0.3) is 0 Å². The first-order valence-corrected chi connectivity index (χ1v) is 5.88. The second-order valence-corrected chi connectivity index (χ2v) is 4.29. The first kappa shape index (κ1) is 12.1. The van der Waals surface area contributed by atoms with Crippen LogP contribution in [0.3, 0.4) is 0 Å². The third-order valence-corrected chi connectivity index (χ3v) is 2.94. The van der Waals surface area contributed by atoms with E-state index in [0.29, 0.717) is 0 Å². The Bertz CT molecular complexity index is 570. The number of nitriles is 1. The van der Waals surface area contributed by atoms with Gasteiger partial charge < -0.3 is 5.32 Å². The molecule has 1 heterocycles. The lowest BCUT2D eigenvalue weighted by molar-refractivity contribution is 0.880. The van der Waals surface area contributed by atoms with Gasteiger partial charge in [0, 0.05) is 24.1 Å². The average Bonchev–Trinajstić information content (AvgIpc) is 2.40. The average molecular weight is 237 g/mol. The predicted octanol–water partition coefficient (Wildman–Crippen LogP) is 3.43. The molecule has 0 bridgehead atoms. The van der Waals surface area contributed by atoms with Crippen molar-refractivity contribution in [2.75, 3.05) is 5.32 Å². The lowest BCUT2D eigenvalue weighted by Gasteiger charge is -2.16. The molecule has 0 fully saturated rings. The number of benzene rings is 1. The zero-order chi connectivity index (χ0) is 13.0. The number of rotatable bonds is 3. The molecule has 3 heteroatoms. The van der Waals surface area contributed by atoms with E-state index in [4.69, 9.17) is 5.26 Å². The maximum Gasteiger partial charge on any atom is 0.0994 e. The molecule has 0 aliphatic heterocycles. The number of pyridine rings is 1. The molecule has 0 aliphatic rings. The summed E-state index contributed by atoms with van der Waals surface area (Å²) in [4.78, 5) is 4.01.